The van der Waals surface area contributed by atoms with Gasteiger partial charge in [-0.3, -0.25) is 4.90 Å². The Labute approximate surface area is 107 Å². The highest BCUT2D eigenvalue weighted by atomic mass is 19.1. The van der Waals surface area contributed by atoms with E-state index in [0.717, 1.165) is 24.8 Å². The van der Waals surface area contributed by atoms with Gasteiger partial charge in [-0.1, -0.05) is 12.1 Å². The monoisotopic (exact) mass is 249 g/mol. The molecule has 0 amide bonds. The van der Waals surface area contributed by atoms with Crippen molar-refractivity contribution in [3.8, 4) is 0 Å². The number of hydrogen-bond donors (Lipinski definition) is 1. The lowest BCUT2D eigenvalue weighted by Crippen LogP contribution is -2.57. The van der Waals surface area contributed by atoms with Gasteiger partial charge in [0.15, 0.2) is 0 Å². The molecule has 4 atom stereocenters. The lowest BCUT2D eigenvalue weighted by Gasteiger charge is -2.48. The summed E-state index contributed by atoms with van der Waals surface area (Å²) < 4.78 is 13.0. The van der Waals surface area contributed by atoms with Crippen molar-refractivity contribution in [2.75, 3.05) is 7.05 Å². The van der Waals surface area contributed by atoms with Crippen LogP contribution in [0.5, 0.6) is 0 Å². The van der Waals surface area contributed by atoms with Crippen molar-refractivity contribution >= 4 is 0 Å². The van der Waals surface area contributed by atoms with E-state index < -0.39 is 0 Å². The maximum absolute atomic E-state index is 13.0. The normalized spacial score (nSPS) is 40.1. The number of hydrogen-bond acceptors (Lipinski definition) is 2. The van der Waals surface area contributed by atoms with Gasteiger partial charge in [0.25, 0.3) is 0 Å². The molecule has 0 saturated carbocycles. The molecule has 1 aromatic carbocycles. The Kier molecular flexibility index (Phi) is 2.72. The largest absolute Gasteiger partial charge is 0.391 e. The summed E-state index contributed by atoms with van der Waals surface area (Å²) in [5, 5.41) is 10.7. The van der Waals surface area contributed by atoms with Crippen molar-refractivity contribution in [2.45, 2.75) is 49.8 Å². The van der Waals surface area contributed by atoms with E-state index in [1.165, 1.54) is 12.1 Å². The first-order chi connectivity index (χ1) is 8.52. The lowest BCUT2D eigenvalue weighted by molar-refractivity contribution is -0.0474. The highest BCUT2D eigenvalue weighted by Gasteiger charge is 2.53. The van der Waals surface area contributed by atoms with Gasteiger partial charge < -0.3 is 5.11 Å². The maximum Gasteiger partial charge on any atom is 0.123 e. The maximum atomic E-state index is 13.0. The lowest BCUT2D eigenvalue weighted by atomic mass is 9.76. The summed E-state index contributed by atoms with van der Waals surface area (Å²) in [6.07, 6.45) is 2.81. The molecule has 2 aliphatic rings. The van der Waals surface area contributed by atoms with Gasteiger partial charge in [0, 0.05) is 17.5 Å². The number of nitrogens with zero attached hydrogens (tertiary/aromatic N) is 1. The highest BCUT2D eigenvalue weighted by molar-refractivity contribution is 5.26. The van der Waals surface area contributed by atoms with E-state index in [0.29, 0.717) is 6.04 Å². The Hall–Kier alpha value is -0.930. The Balaban J connectivity index is 1.93. The fraction of sp³-hybridized carbons (Fsp3) is 0.600. The van der Waals surface area contributed by atoms with Crippen LogP contribution in [0.25, 0.3) is 0 Å². The zero-order chi connectivity index (χ0) is 12.9. The molecule has 0 spiro atoms. The Bertz CT molecular complexity index is 446. The van der Waals surface area contributed by atoms with Gasteiger partial charge in [-0.05, 0) is 50.9 Å². The molecule has 2 fully saturated rings. The van der Waals surface area contributed by atoms with Crippen LogP contribution in [0.3, 0.4) is 0 Å². The van der Waals surface area contributed by atoms with Gasteiger partial charge in [-0.15, -0.1) is 0 Å². The van der Waals surface area contributed by atoms with Crippen LogP contribution < -0.4 is 0 Å². The number of benzene rings is 1. The van der Waals surface area contributed by atoms with Gasteiger partial charge >= 0.3 is 0 Å². The van der Waals surface area contributed by atoms with Gasteiger partial charge in [0.2, 0.25) is 0 Å². The van der Waals surface area contributed by atoms with Crippen LogP contribution in [0.15, 0.2) is 24.3 Å². The van der Waals surface area contributed by atoms with E-state index in [9.17, 15) is 9.50 Å². The predicted octanol–water partition coefficient (Wildman–Crippen LogP) is 2.53. The van der Waals surface area contributed by atoms with Gasteiger partial charge in [-0.25, -0.2) is 4.39 Å². The molecule has 3 rings (SSSR count). The molecule has 0 aliphatic carbocycles. The number of piperidine rings is 1. The first kappa shape index (κ1) is 12.1. The molecule has 18 heavy (non-hydrogen) atoms. The average Bonchev–Trinajstić information content (AvgIpc) is 2.56. The third-order valence-corrected chi connectivity index (χ3v) is 5.18. The highest BCUT2D eigenvalue weighted by Crippen LogP contribution is 2.48. The summed E-state index contributed by atoms with van der Waals surface area (Å²) in [5.74, 6) is -0.0744. The molecule has 2 aliphatic heterocycles. The fourth-order valence-corrected chi connectivity index (χ4v) is 3.76. The van der Waals surface area contributed by atoms with Crippen molar-refractivity contribution in [1.82, 2.24) is 4.90 Å². The molecule has 1 aromatic rings. The molecule has 0 aromatic heterocycles. The fourth-order valence-electron chi connectivity index (χ4n) is 3.76. The number of fused-ring (bicyclic) bond motifs is 2. The minimum Gasteiger partial charge on any atom is -0.391 e. The van der Waals surface area contributed by atoms with Crippen LogP contribution in [0.2, 0.25) is 0 Å². The molecule has 0 radical (unpaired) electrons. The average molecular weight is 249 g/mol. The molecular weight excluding hydrogens is 229 g/mol. The number of rotatable bonds is 1. The van der Waals surface area contributed by atoms with Crippen molar-refractivity contribution in [2.24, 2.45) is 0 Å². The molecule has 2 heterocycles. The molecule has 98 valence electrons. The summed E-state index contributed by atoms with van der Waals surface area (Å²) in [6, 6.07) is 7.16. The topological polar surface area (TPSA) is 23.5 Å². The number of halogens is 1. The molecule has 2 nitrogen and oxygen atoms in total. The van der Waals surface area contributed by atoms with Gasteiger partial charge in [-0.2, -0.15) is 0 Å². The van der Waals surface area contributed by atoms with E-state index in [1.807, 2.05) is 12.1 Å². The summed E-state index contributed by atoms with van der Waals surface area (Å²) >= 11 is 0. The van der Waals surface area contributed by atoms with Crippen LogP contribution in [0.4, 0.5) is 4.39 Å². The van der Waals surface area contributed by atoms with Gasteiger partial charge in [0.05, 0.1) is 6.10 Å². The van der Waals surface area contributed by atoms with Crippen LogP contribution >= 0.6 is 0 Å². The molecule has 2 saturated heterocycles. The first-order valence-electron chi connectivity index (χ1n) is 6.69. The second kappa shape index (κ2) is 4.04. The van der Waals surface area contributed by atoms with Crippen LogP contribution in [0, 0.1) is 5.82 Å². The van der Waals surface area contributed by atoms with Crippen molar-refractivity contribution in [3.05, 3.63) is 35.6 Å². The molecule has 2 bridgehead atoms. The van der Waals surface area contributed by atoms with E-state index in [4.69, 9.17) is 0 Å². The molecule has 3 heteroatoms. The van der Waals surface area contributed by atoms with Crippen molar-refractivity contribution < 1.29 is 9.50 Å². The summed E-state index contributed by atoms with van der Waals surface area (Å²) in [5.41, 5.74) is 0.942. The molecule has 0 unspecified atom stereocenters. The van der Waals surface area contributed by atoms with Crippen LogP contribution in [0.1, 0.15) is 37.7 Å². The van der Waals surface area contributed by atoms with E-state index in [-0.39, 0.29) is 23.4 Å². The minimum absolute atomic E-state index is 0.123. The zero-order valence-corrected chi connectivity index (χ0v) is 10.9. The van der Waals surface area contributed by atoms with E-state index >= 15 is 0 Å². The first-order valence-corrected chi connectivity index (χ1v) is 6.69. The van der Waals surface area contributed by atoms with Crippen molar-refractivity contribution in [1.29, 1.82) is 0 Å². The second-order valence-electron chi connectivity index (χ2n) is 6.00. The summed E-state index contributed by atoms with van der Waals surface area (Å²) in [6.45, 7) is 2.15. The Morgan fingerprint density at radius 2 is 2.00 bits per heavy atom. The Morgan fingerprint density at radius 1 is 1.33 bits per heavy atom. The van der Waals surface area contributed by atoms with Crippen molar-refractivity contribution in [3.63, 3.8) is 0 Å². The van der Waals surface area contributed by atoms with Gasteiger partial charge in [0.1, 0.15) is 5.82 Å². The molecule has 1 N–H and O–H groups in total. The zero-order valence-electron chi connectivity index (χ0n) is 10.9. The standard InChI is InChI=1S/C15H20FNO/c1-15-8-7-12(17(15)2)9-13(14(15)18)10-3-5-11(16)6-4-10/h3-6,12-14,18H,7-9H2,1-2H3/t12-,13+,14-,15+/m0/s1. The number of aliphatic hydroxyl groups is 1. The van der Waals surface area contributed by atoms with E-state index in [1.54, 1.807) is 0 Å². The van der Waals surface area contributed by atoms with E-state index in [2.05, 4.69) is 18.9 Å². The number of aliphatic hydroxyl groups excluding tert-OH is 1. The quantitative estimate of drug-likeness (QED) is 0.826. The summed E-state index contributed by atoms with van der Waals surface area (Å²) in [7, 11) is 2.11. The SMILES string of the molecule is CN1[C@H]2CC[C@]1(C)[C@@H](O)[C@@H](c1ccc(F)cc1)C2. The molecular formula is C15H20FNO. The third kappa shape index (κ3) is 1.61. The minimum atomic E-state index is -0.369. The van der Waals surface area contributed by atoms with Crippen LogP contribution in [-0.4, -0.2) is 34.7 Å². The van der Waals surface area contributed by atoms with Crippen LogP contribution in [-0.2, 0) is 0 Å². The number of likely N-dealkylation sites (N-methyl/N-ethyl adjacent to an activating group) is 1. The Morgan fingerprint density at radius 3 is 2.67 bits per heavy atom. The second-order valence-corrected chi connectivity index (χ2v) is 6.00. The smallest absolute Gasteiger partial charge is 0.123 e. The summed E-state index contributed by atoms with van der Waals surface area (Å²) in [4.78, 5) is 2.33. The third-order valence-electron chi connectivity index (χ3n) is 5.18. The predicted molar refractivity (Wildman–Crippen MR) is 69.0 cm³/mol.